The molecule has 1 aromatic carbocycles. The predicted octanol–water partition coefficient (Wildman–Crippen LogP) is 2.34. The van der Waals surface area contributed by atoms with Gasteiger partial charge in [0.05, 0.1) is 0 Å². The van der Waals surface area contributed by atoms with E-state index in [4.69, 9.17) is 14.2 Å². The van der Waals surface area contributed by atoms with E-state index in [0.717, 1.165) is 12.8 Å². The SMILES string of the molecule is CC(C)(C)OC(=O)N[C@H]1CCCN(C(=O)[C@@H]2COc3ccccc3O2)C1. The molecule has 1 N–H and O–H groups in total. The smallest absolute Gasteiger partial charge is 0.407 e. The summed E-state index contributed by atoms with van der Waals surface area (Å²) >= 11 is 0. The number of fused-ring (bicyclic) bond motifs is 1. The molecule has 1 fully saturated rings. The van der Waals surface area contributed by atoms with Crippen LogP contribution in [0.4, 0.5) is 4.79 Å². The van der Waals surface area contributed by atoms with Crippen LogP contribution >= 0.6 is 0 Å². The largest absolute Gasteiger partial charge is 0.485 e. The molecule has 0 radical (unpaired) electrons. The van der Waals surface area contributed by atoms with Crippen molar-refractivity contribution in [3.63, 3.8) is 0 Å². The van der Waals surface area contributed by atoms with Crippen molar-refractivity contribution < 1.29 is 23.8 Å². The molecule has 0 aliphatic carbocycles. The van der Waals surface area contributed by atoms with Crippen molar-refractivity contribution in [1.82, 2.24) is 10.2 Å². The van der Waals surface area contributed by atoms with Gasteiger partial charge in [0.25, 0.3) is 5.91 Å². The maximum absolute atomic E-state index is 12.8. The van der Waals surface area contributed by atoms with E-state index in [9.17, 15) is 9.59 Å². The summed E-state index contributed by atoms with van der Waals surface area (Å²) in [5.41, 5.74) is -0.547. The zero-order valence-electron chi connectivity index (χ0n) is 15.5. The molecule has 0 bridgehead atoms. The van der Waals surface area contributed by atoms with E-state index >= 15 is 0 Å². The van der Waals surface area contributed by atoms with Crippen LogP contribution in [0.3, 0.4) is 0 Å². The first kappa shape index (κ1) is 18.4. The monoisotopic (exact) mass is 362 g/mol. The topological polar surface area (TPSA) is 77.1 Å². The Kier molecular flexibility index (Phi) is 5.25. The quantitative estimate of drug-likeness (QED) is 0.874. The highest BCUT2D eigenvalue weighted by molar-refractivity contribution is 5.82. The van der Waals surface area contributed by atoms with Crippen LogP contribution in [0.15, 0.2) is 24.3 Å². The summed E-state index contributed by atoms with van der Waals surface area (Å²) in [5, 5.41) is 2.85. The van der Waals surface area contributed by atoms with E-state index < -0.39 is 17.8 Å². The molecule has 7 heteroatoms. The number of ether oxygens (including phenoxy) is 3. The molecule has 26 heavy (non-hydrogen) atoms. The predicted molar refractivity (Wildman–Crippen MR) is 95.3 cm³/mol. The highest BCUT2D eigenvalue weighted by Crippen LogP contribution is 2.31. The third kappa shape index (κ3) is 4.59. The third-order valence-corrected chi connectivity index (χ3v) is 4.24. The Morgan fingerprint density at radius 3 is 2.69 bits per heavy atom. The van der Waals surface area contributed by atoms with Crippen LogP contribution in [0.1, 0.15) is 33.6 Å². The van der Waals surface area contributed by atoms with Gasteiger partial charge in [-0.3, -0.25) is 4.79 Å². The Morgan fingerprint density at radius 1 is 1.23 bits per heavy atom. The molecule has 0 saturated carbocycles. The van der Waals surface area contributed by atoms with Gasteiger partial charge in [0.1, 0.15) is 12.2 Å². The fourth-order valence-corrected chi connectivity index (χ4v) is 3.11. The minimum atomic E-state index is -0.662. The zero-order valence-corrected chi connectivity index (χ0v) is 15.5. The average Bonchev–Trinajstić information content (AvgIpc) is 2.59. The van der Waals surface area contributed by atoms with Gasteiger partial charge >= 0.3 is 6.09 Å². The van der Waals surface area contributed by atoms with E-state index in [1.807, 2.05) is 39.0 Å². The average molecular weight is 362 g/mol. The first-order valence-electron chi connectivity index (χ1n) is 8.98. The van der Waals surface area contributed by atoms with Gasteiger partial charge in [0.2, 0.25) is 6.10 Å². The number of rotatable bonds is 2. The summed E-state index contributed by atoms with van der Waals surface area (Å²) in [4.78, 5) is 26.5. The number of carbonyl (C=O) groups excluding carboxylic acids is 2. The number of alkyl carbamates (subject to hydrolysis) is 1. The van der Waals surface area contributed by atoms with Crippen LogP contribution in [0.25, 0.3) is 0 Å². The number of likely N-dealkylation sites (tertiary alicyclic amines) is 1. The fourth-order valence-electron chi connectivity index (χ4n) is 3.11. The number of amides is 2. The van der Waals surface area contributed by atoms with E-state index in [1.165, 1.54) is 0 Å². The molecule has 0 spiro atoms. The summed E-state index contributed by atoms with van der Waals surface area (Å²) in [5.74, 6) is 1.12. The van der Waals surface area contributed by atoms with Gasteiger partial charge < -0.3 is 24.4 Å². The summed E-state index contributed by atoms with van der Waals surface area (Å²) < 4.78 is 16.7. The molecule has 1 saturated heterocycles. The van der Waals surface area contributed by atoms with Gasteiger partial charge in [-0.1, -0.05) is 12.1 Å². The van der Waals surface area contributed by atoms with Gasteiger partial charge in [0, 0.05) is 19.1 Å². The minimum absolute atomic E-state index is 0.116. The molecule has 0 unspecified atom stereocenters. The summed E-state index contributed by atoms with van der Waals surface area (Å²) in [6.07, 6.45) is 0.512. The molecule has 0 aromatic heterocycles. The number of piperidine rings is 1. The molecule has 1 aromatic rings. The van der Waals surface area contributed by atoms with E-state index in [1.54, 1.807) is 11.0 Å². The molecule has 2 heterocycles. The molecule has 3 rings (SSSR count). The van der Waals surface area contributed by atoms with Crippen LogP contribution in [-0.2, 0) is 9.53 Å². The lowest BCUT2D eigenvalue weighted by atomic mass is 10.1. The van der Waals surface area contributed by atoms with E-state index in [0.29, 0.717) is 24.6 Å². The normalized spacial score (nSPS) is 22.5. The molecule has 2 aliphatic heterocycles. The van der Waals surface area contributed by atoms with Gasteiger partial charge in [-0.25, -0.2) is 4.79 Å². The van der Waals surface area contributed by atoms with Crippen molar-refractivity contribution in [2.45, 2.75) is 51.4 Å². The lowest BCUT2D eigenvalue weighted by Crippen LogP contribution is -2.54. The highest BCUT2D eigenvalue weighted by Gasteiger charge is 2.34. The van der Waals surface area contributed by atoms with Crippen molar-refractivity contribution in [2.24, 2.45) is 0 Å². The summed E-state index contributed by atoms with van der Waals surface area (Å²) in [6.45, 7) is 6.74. The van der Waals surface area contributed by atoms with Crippen molar-refractivity contribution in [1.29, 1.82) is 0 Å². The Hall–Kier alpha value is -2.44. The molecular weight excluding hydrogens is 336 g/mol. The van der Waals surface area contributed by atoms with Crippen molar-refractivity contribution >= 4 is 12.0 Å². The van der Waals surface area contributed by atoms with Crippen LogP contribution in [0.2, 0.25) is 0 Å². The Bertz CT molecular complexity index is 670. The number of benzene rings is 1. The number of carbonyl (C=O) groups is 2. The second-order valence-electron chi connectivity index (χ2n) is 7.63. The molecule has 2 amide bonds. The Morgan fingerprint density at radius 2 is 1.96 bits per heavy atom. The lowest BCUT2D eigenvalue weighted by Gasteiger charge is -2.36. The molecule has 142 valence electrons. The maximum atomic E-state index is 12.8. The molecule has 7 nitrogen and oxygen atoms in total. The second kappa shape index (κ2) is 7.43. The van der Waals surface area contributed by atoms with Gasteiger partial charge in [0.15, 0.2) is 11.5 Å². The number of nitrogens with one attached hydrogen (secondary N) is 1. The highest BCUT2D eigenvalue weighted by atomic mass is 16.6. The van der Waals surface area contributed by atoms with Crippen molar-refractivity contribution in [3.05, 3.63) is 24.3 Å². The summed E-state index contributed by atoms with van der Waals surface area (Å²) in [6, 6.07) is 7.19. The van der Waals surface area contributed by atoms with Crippen LogP contribution in [0.5, 0.6) is 11.5 Å². The third-order valence-electron chi connectivity index (χ3n) is 4.24. The summed E-state index contributed by atoms with van der Waals surface area (Å²) in [7, 11) is 0. The molecule has 2 atom stereocenters. The number of hydrogen-bond donors (Lipinski definition) is 1. The van der Waals surface area contributed by atoms with Crippen molar-refractivity contribution in [2.75, 3.05) is 19.7 Å². The van der Waals surface area contributed by atoms with Gasteiger partial charge in [-0.2, -0.15) is 0 Å². The second-order valence-corrected chi connectivity index (χ2v) is 7.63. The standard InChI is InChI=1S/C19H26N2O5/c1-19(2,3)26-18(23)20-13-7-6-10-21(11-13)17(22)16-12-24-14-8-4-5-9-15(14)25-16/h4-5,8-9,13,16H,6-7,10-12H2,1-3H3,(H,20,23)/t13-,16-/m0/s1. The number of para-hydroxylation sites is 2. The van der Waals surface area contributed by atoms with Gasteiger partial charge in [-0.15, -0.1) is 0 Å². The minimum Gasteiger partial charge on any atom is -0.485 e. The van der Waals surface area contributed by atoms with Gasteiger partial charge in [-0.05, 0) is 45.7 Å². The van der Waals surface area contributed by atoms with Crippen molar-refractivity contribution in [3.8, 4) is 11.5 Å². The zero-order chi connectivity index (χ0) is 18.7. The fraction of sp³-hybridized carbons (Fsp3) is 0.579. The van der Waals surface area contributed by atoms with E-state index in [-0.39, 0.29) is 18.6 Å². The van der Waals surface area contributed by atoms with E-state index in [2.05, 4.69) is 5.32 Å². The number of hydrogen-bond acceptors (Lipinski definition) is 5. The lowest BCUT2D eigenvalue weighted by molar-refractivity contribution is -0.142. The molecule has 2 aliphatic rings. The van der Waals surface area contributed by atoms with Crippen LogP contribution in [0, 0.1) is 0 Å². The number of nitrogens with zero attached hydrogens (tertiary/aromatic N) is 1. The van der Waals surface area contributed by atoms with Crippen LogP contribution in [-0.4, -0.2) is 54.3 Å². The Balaban J connectivity index is 1.56. The first-order valence-corrected chi connectivity index (χ1v) is 8.98. The first-order chi connectivity index (χ1) is 12.3. The van der Waals surface area contributed by atoms with Crippen LogP contribution < -0.4 is 14.8 Å². The maximum Gasteiger partial charge on any atom is 0.407 e. The molecular formula is C19H26N2O5. The Labute approximate surface area is 153 Å².